The summed E-state index contributed by atoms with van der Waals surface area (Å²) in [6.07, 6.45) is 3.49. The second-order valence-electron chi connectivity index (χ2n) is 3.58. The van der Waals surface area contributed by atoms with Gasteiger partial charge in [-0.3, -0.25) is 9.78 Å². The Hall–Kier alpha value is -1.13. The lowest BCUT2D eigenvalue weighted by molar-refractivity contribution is -0.117. The van der Waals surface area contributed by atoms with E-state index in [-0.39, 0.29) is 18.4 Å². The summed E-state index contributed by atoms with van der Waals surface area (Å²) in [7, 11) is 0. The summed E-state index contributed by atoms with van der Waals surface area (Å²) in [5, 5.41) is 9.46. The van der Waals surface area contributed by atoms with Crippen LogP contribution in [0, 0.1) is 5.92 Å². The van der Waals surface area contributed by atoms with Crippen LogP contribution in [-0.2, 0) is 4.79 Å². The van der Waals surface area contributed by atoms with Crippen LogP contribution in [0.2, 0.25) is 5.02 Å². The lowest BCUT2D eigenvalue weighted by Gasteiger charge is -2.17. The van der Waals surface area contributed by atoms with Gasteiger partial charge in [0.25, 0.3) is 0 Å². The first-order valence-corrected chi connectivity index (χ1v) is 5.11. The number of amides is 1. The number of rotatable bonds is 2. The second-order valence-corrected chi connectivity index (χ2v) is 3.99. The van der Waals surface area contributed by atoms with Crippen molar-refractivity contribution in [1.29, 1.82) is 0 Å². The summed E-state index contributed by atoms with van der Waals surface area (Å²) in [5.41, 5.74) is 0.674. The number of aromatic nitrogens is 1. The first-order valence-electron chi connectivity index (χ1n) is 4.73. The summed E-state index contributed by atoms with van der Waals surface area (Å²) in [5.74, 6) is 0.0175. The van der Waals surface area contributed by atoms with Crippen molar-refractivity contribution in [3.63, 3.8) is 0 Å². The minimum atomic E-state index is 0.00199. The van der Waals surface area contributed by atoms with E-state index in [9.17, 15) is 4.79 Å². The molecular formula is C10H11ClN2O2. The van der Waals surface area contributed by atoms with E-state index >= 15 is 0 Å². The van der Waals surface area contributed by atoms with E-state index in [1.54, 1.807) is 17.2 Å². The fourth-order valence-corrected chi connectivity index (χ4v) is 1.94. The molecule has 2 rings (SSSR count). The molecule has 1 amide bonds. The van der Waals surface area contributed by atoms with E-state index < -0.39 is 0 Å². The Morgan fingerprint density at radius 1 is 1.67 bits per heavy atom. The molecule has 1 N–H and O–H groups in total. The number of carbonyl (C=O) groups is 1. The summed E-state index contributed by atoms with van der Waals surface area (Å²) in [6, 6.07) is 1.71. The van der Waals surface area contributed by atoms with Gasteiger partial charge < -0.3 is 10.0 Å². The van der Waals surface area contributed by atoms with Crippen molar-refractivity contribution in [3.8, 4) is 0 Å². The lowest BCUT2D eigenvalue weighted by Crippen LogP contribution is -2.25. The predicted octanol–water partition coefficient (Wildman–Crippen LogP) is 1.08. The van der Waals surface area contributed by atoms with Crippen molar-refractivity contribution >= 4 is 23.2 Å². The Labute approximate surface area is 92.5 Å². The van der Waals surface area contributed by atoms with Crippen LogP contribution in [0.5, 0.6) is 0 Å². The molecule has 0 radical (unpaired) electrons. The lowest BCUT2D eigenvalue weighted by atomic mass is 10.1. The van der Waals surface area contributed by atoms with Crippen LogP contribution in [0.4, 0.5) is 5.69 Å². The Kier molecular flexibility index (Phi) is 2.88. The van der Waals surface area contributed by atoms with Gasteiger partial charge in [0.05, 0.1) is 10.7 Å². The molecule has 0 aromatic carbocycles. The van der Waals surface area contributed by atoms with E-state index in [1.165, 1.54) is 6.20 Å². The third kappa shape index (κ3) is 1.96. The van der Waals surface area contributed by atoms with Crippen molar-refractivity contribution in [3.05, 3.63) is 23.5 Å². The first kappa shape index (κ1) is 10.4. The zero-order valence-electron chi connectivity index (χ0n) is 8.06. The van der Waals surface area contributed by atoms with Crippen molar-refractivity contribution < 1.29 is 9.90 Å². The van der Waals surface area contributed by atoms with Gasteiger partial charge in [-0.25, -0.2) is 0 Å². The van der Waals surface area contributed by atoms with Crippen molar-refractivity contribution in [2.75, 3.05) is 18.1 Å². The van der Waals surface area contributed by atoms with Crippen LogP contribution in [0.1, 0.15) is 6.42 Å². The maximum Gasteiger partial charge on any atom is 0.227 e. The molecular weight excluding hydrogens is 216 g/mol. The molecule has 0 saturated carbocycles. The summed E-state index contributed by atoms with van der Waals surface area (Å²) in [6.45, 7) is 0.560. The molecule has 1 aromatic heterocycles. The molecule has 1 unspecified atom stereocenters. The first-order chi connectivity index (χ1) is 7.22. The second kappa shape index (κ2) is 4.16. The number of hydrogen-bond donors (Lipinski definition) is 1. The molecule has 5 heteroatoms. The third-order valence-corrected chi connectivity index (χ3v) is 2.80. The maximum absolute atomic E-state index is 11.6. The molecule has 0 bridgehead atoms. The minimum Gasteiger partial charge on any atom is -0.396 e. The maximum atomic E-state index is 11.6. The minimum absolute atomic E-state index is 0.00199. The van der Waals surface area contributed by atoms with Gasteiger partial charge in [-0.1, -0.05) is 11.6 Å². The van der Waals surface area contributed by atoms with Crippen molar-refractivity contribution in [2.24, 2.45) is 5.92 Å². The van der Waals surface area contributed by atoms with Gasteiger partial charge in [0, 0.05) is 37.9 Å². The number of aliphatic hydroxyl groups is 1. The number of anilines is 1. The van der Waals surface area contributed by atoms with Crippen LogP contribution in [0.15, 0.2) is 18.5 Å². The average Bonchev–Trinajstić information content (AvgIpc) is 2.60. The molecule has 1 saturated heterocycles. The summed E-state index contributed by atoms with van der Waals surface area (Å²) < 4.78 is 0. The highest BCUT2D eigenvalue weighted by Gasteiger charge is 2.30. The Morgan fingerprint density at radius 3 is 3.07 bits per heavy atom. The van der Waals surface area contributed by atoms with Gasteiger partial charge in [0.2, 0.25) is 5.91 Å². The fraction of sp³-hybridized carbons (Fsp3) is 0.400. The third-order valence-electron chi connectivity index (χ3n) is 2.51. The molecule has 0 spiro atoms. The zero-order chi connectivity index (χ0) is 10.8. The van der Waals surface area contributed by atoms with Crippen LogP contribution in [0.3, 0.4) is 0 Å². The van der Waals surface area contributed by atoms with Gasteiger partial charge in [-0.2, -0.15) is 0 Å². The smallest absolute Gasteiger partial charge is 0.227 e. The number of nitrogens with zero attached hydrogens (tertiary/aromatic N) is 2. The standard InChI is InChI=1S/C10H11ClN2O2/c11-8-4-12-2-1-9(8)13-5-7(6-14)3-10(13)15/h1-2,4,7,14H,3,5-6H2. The molecule has 1 aliphatic rings. The Bertz CT molecular complexity index is 383. The number of halogens is 1. The van der Waals surface area contributed by atoms with Crippen molar-refractivity contribution in [1.82, 2.24) is 4.98 Å². The number of pyridine rings is 1. The molecule has 4 nitrogen and oxygen atoms in total. The SMILES string of the molecule is O=C1CC(CO)CN1c1ccncc1Cl. The average molecular weight is 227 g/mol. The normalized spacial score (nSPS) is 21.1. The molecule has 1 aromatic rings. The molecule has 0 aliphatic carbocycles. The quantitative estimate of drug-likeness (QED) is 0.821. The Morgan fingerprint density at radius 2 is 2.47 bits per heavy atom. The van der Waals surface area contributed by atoms with E-state index in [0.717, 1.165) is 0 Å². The Balaban J connectivity index is 2.25. The van der Waals surface area contributed by atoms with Crippen LogP contribution in [0.25, 0.3) is 0 Å². The topological polar surface area (TPSA) is 53.4 Å². The predicted molar refractivity (Wildman–Crippen MR) is 56.8 cm³/mol. The van der Waals surface area contributed by atoms with Crippen LogP contribution < -0.4 is 4.90 Å². The molecule has 2 heterocycles. The van der Waals surface area contributed by atoms with E-state index in [0.29, 0.717) is 23.7 Å². The largest absolute Gasteiger partial charge is 0.396 e. The van der Waals surface area contributed by atoms with E-state index in [1.807, 2.05) is 0 Å². The molecule has 1 aliphatic heterocycles. The number of carbonyl (C=O) groups excluding carboxylic acids is 1. The van der Waals surface area contributed by atoms with Gasteiger partial charge in [0.1, 0.15) is 0 Å². The number of aliphatic hydroxyl groups excluding tert-OH is 1. The molecule has 1 atom stereocenters. The summed E-state index contributed by atoms with van der Waals surface area (Å²) >= 11 is 5.94. The monoisotopic (exact) mass is 226 g/mol. The summed E-state index contributed by atoms with van der Waals surface area (Å²) in [4.78, 5) is 17.1. The van der Waals surface area contributed by atoms with Gasteiger partial charge >= 0.3 is 0 Å². The van der Waals surface area contributed by atoms with Crippen molar-refractivity contribution in [2.45, 2.75) is 6.42 Å². The zero-order valence-corrected chi connectivity index (χ0v) is 8.81. The highest BCUT2D eigenvalue weighted by atomic mass is 35.5. The number of hydrogen-bond acceptors (Lipinski definition) is 3. The van der Waals surface area contributed by atoms with E-state index in [2.05, 4.69) is 4.98 Å². The molecule has 1 fully saturated rings. The fourth-order valence-electron chi connectivity index (χ4n) is 1.72. The van der Waals surface area contributed by atoms with Crippen LogP contribution >= 0.6 is 11.6 Å². The van der Waals surface area contributed by atoms with Crippen LogP contribution in [-0.4, -0.2) is 29.1 Å². The van der Waals surface area contributed by atoms with Gasteiger partial charge in [-0.15, -0.1) is 0 Å². The molecule has 80 valence electrons. The van der Waals surface area contributed by atoms with Gasteiger partial charge in [-0.05, 0) is 6.07 Å². The van der Waals surface area contributed by atoms with E-state index in [4.69, 9.17) is 16.7 Å². The van der Waals surface area contributed by atoms with Gasteiger partial charge in [0.15, 0.2) is 0 Å². The highest BCUT2D eigenvalue weighted by molar-refractivity contribution is 6.33. The molecule has 15 heavy (non-hydrogen) atoms. The highest BCUT2D eigenvalue weighted by Crippen LogP contribution is 2.29.